The van der Waals surface area contributed by atoms with Crippen molar-refractivity contribution in [1.82, 2.24) is 15.0 Å². The predicted octanol–water partition coefficient (Wildman–Crippen LogP) is 3.55. The fourth-order valence-electron chi connectivity index (χ4n) is 3.90. The van der Waals surface area contributed by atoms with E-state index in [1.54, 1.807) is 24.3 Å². The first-order valence-corrected chi connectivity index (χ1v) is 10.4. The first-order valence-electron chi connectivity index (χ1n) is 10.4. The van der Waals surface area contributed by atoms with Crippen LogP contribution < -0.4 is 0 Å². The number of likely N-dealkylation sites (tertiary alicyclic amines) is 1. The number of hydrogen-bond acceptors (Lipinski definition) is 7. The van der Waals surface area contributed by atoms with Gasteiger partial charge in [0.25, 0.3) is 0 Å². The number of methoxy groups -OCH3 is 1. The van der Waals surface area contributed by atoms with Gasteiger partial charge in [-0.25, -0.2) is 4.79 Å². The Bertz CT molecular complexity index is 1030. The van der Waals surface area contributed by atoms with E-state index in [1.807, 2.05) is 30.3 Å². The van der Waals surface area contributed by atoms with Gasteiger partial charge in [0.2, 0.25) is 11.7 Å². The van der Waals surface area contributed by atoms with Gasteiger partial charge in [0.05, 0.1) is 19.2 Å². The maximum absolute atomic E-state index is 12.7. The summed E-state index contributed by atoms with van der Waals surface area (Å²) in [5, 5.41) is 4.06. The van der Waals surface area contributed by atoms with Crippen molar-refractivity contribution in [3.63, 3.8) is 0 Å². The smallest absolute Gasteiger partial charge is 0.337 e. The van der Waals surface area contributed by atoms with Crippen LogP contribution in [-0.4, -0.2) is 47.0 Å². The highest BCUT2D eigenvalue weighted by atomic mass is 16.5. The number of benzene rings is 2. The van der Waals surface area contributed by atoms with Gasteiger partial charge in [0, 0.05) is 24.4 Å². The molecule has 0 aliphatic carbocycles. The highest BCUT2D eigenvalue weighted by Gasteiger charge is 2.26. The molecule has 7 heteroatoms. The number of piperidine rings is 1. The molecule has 0 N–H and O–H groups in total. The Kier molecular flexibility index (Phi) is 6.52. The third kappa shape index (κ3) is 5.24. The Balaban J connectivity index is 1.35. The van der Waals surface area contributed by atoms with Crippen molar-refractivity contribution in [3.8, 4) is 11.4 Å². The molecule has 1 atom stereocenters. The Labute approximate surface area is 181 Å². The summed E-state index contributed by atoms with van der Waals surface area (Å²) >= 11 is 0. The SMILES string of the molecule is COC(=O)c1ccc(-c2noc(CN3CCC[C@H](C(=O)Cc4ccccc4)C3)n2)cc1. The Morgan fingerprint density at radius 2 is 1.90 bits per heavy atom. The number of nitrogens with zero attached hydrogens (tertiary/aromatic N) is 3. The van der Waals surface area contributed by atoms with Crippen LogP contribution in [0, 0.1) is 5.92 Å². The van der Waals surface area contributed by atoms with Crippen LogP contribution in [0.15, 0.2) is 59.1 Å². The second kappa shape index (κ2) is 9.66. The molecule has 160 valence electrons. The van der Waals surface area contributed by atoms with E-state index in [9.17, 15) is 9.59 Å². The molecular formula is C24H25N3O4. The summed E-state index contributed by atoms with van der Waals surface area (Å²) in [6, 6.07) is 16.8. The molecule has 2 heterocycles. The number of esters is 1. The molecule has 2 aromatic carbocycles. The lowest BCUT2D eigenvalue weighted by molar-refractivity contribution is -0.124. The Morgan fingerprint density at radius 3 is 2.65 bits per heavy atom. The van der Waals surface area contributed by atoms with E-state index < -0.39 is 0 Å². The molecule has 4 rings (SSSR count). The summed E-state index contributed by atoms with van der Waals surface area (Å²) in [5.41, 5.74) is 2.29. The van der Waals surface area contributed by atoms with Crippen molar-refractivity contribution in [2.24, 2.45) is 5.92 Å². The van der Waals surface area contributed by atoms with Gasteiger partial charge in [-0.3, -0.25) is 9.69 Å². The maximum atomic E-state index is 12.7. The minimum atomic E-state index is -0.387. The maximum Gasteiger partial charge on any atom is 0.337 e. The number of ketones is 1. The number of ether oxygens (including phenoxy) is 1. The van der Waals surface area contributed by atoms with Gasteiger partial charge in [-0.2, -0.15) is 4.98 Å². The molecule has 1 aliphatic rings. The zero-order chi connectivity index (χ0) is 21.6. The molecular weight excluding hydrogens is 394 g/mol. The van der Waals surface area contributed by atoms with Gasteiger partial charge in [0.15, 0.2) is 0 Å². The average molecular weight is 419 g/mol. The third-order valence-electron chi connectivity index (χ3n) is 5.57. The van der Waals surface area contributed by atoms with Gasteiger partial charge in [0.1, 0.15) is 5.78 Å². The van der Waals surface area contributed by atoms with E-state index in [-0.39, 0.29) is 17.7 Å². The van der Waals surface area contributed by atoms with Gasteiger partial charge in [-0.05, 0) is 37.1 Å². The van der Waals surface area contributed by atoms with E-state index >= 15 is 0 Å². The molecule has 0 spiro atoms. The van der Waals surface area contributed by atoms with Crippen LogP contribution in [0.5, 0.6) is 0 Å². The van der Waals surface area contributed by atoms with Crippen molar-refractivity contribution in [2.45, 2.75) is 25.8 Å². The van der Waals surface area contributed by atoms with Crippen LogP contribution >= 0.6 is 0 Å². The second-order valence-electron chi connectivity index (χ2n) is 7.78. The number of carbonyl (C=O) groups is 2. The number of rotatable bonds is 7. The summed E-state index contributed by atoms with van der Waals surface area (Å²) in [6.45, 7) is 2.13. The van der Waals surface area contributed by atoms with Crippen molar-refractivity contribution < 1.29 is 18.8 Å². The number of Topliss-reactive ketones (excluding diaryl/α,β-unsaturated/α-hetero) is 1. The third-order valence-corrected chi connectivity index (χ3v) is 5.57. The van der Waals surface area contributed by atoms with Crippen LogP contribution in [0.3, 0.4) is 0 Å². The number of hydrogen-bond donors (Lipinski definition) is 0. The van der Waals surface area contributed by atoms with E-state index in [2.05, 4.69) is 15.0 Å². The van der Waals surface area contributed by atoms with Gasteiger partial charge < -0.3 is 9.26 Å². The Hall–Kier alpha value is -3.32. The molecule has 0 amide bonds. The highest BCUT2D eigenvalue weighted by Crippen LogP contribution is 2.22. The number of aromatic nitrogens is 2. The van der Waals surface area contributed by atoms with E-state index in [0.717, 1.165) is 30.5 Å². The second-order valence-corrected chi connectivity index (χ2v) is 7.78. The first-order chi connectivity index (χ1) is 15.1. The summed E-state index contributed by atoms with van der Waals surface area (Å²) in [5.74, 6) is 0.917. The van der Waals surface area contributed by atoms with Crippen LogP contribution in [0.4, 0.5) is 0 Å². The highest BCUT2D eigenvalue weighted by molar-refractivity contribution is 5.89. The lowest BCUT2D eigenvalue weighted by Gasteiger charge is -2.30. The molecule has 31 heavy (non-hydrogen) atoms. The van der Waals surface area contributed by atoms with E-state index in [0.29, 0.717) is 36.8 Å². The molecule has 0 radical (unpaired) electrons. The van der Waals surface area contributed by atoms with Crippen LogP contribution in [0.2, 0.25) is 0 Å². The van der Waals surface area contributed by atoms with Gasteiger partial charge in [-0.15, -0.1) is 0 Å². The quantitative estimate of drug-likeness (QED) is 0.542. The van der Waals surface area contributed by atoms with Crippen molar-refractivity contribution in [2.75, 3.05) is 20.2 Å². The molecule has 1 aliphatic heterocycles. The van der Waals surface area contributed by atoms with Crippen LogP contribution in [0.1, 0.15) is 34.7 Å². The summed E-state index contributed by atoms with van der Waals surface area (Å²) in [6.07, 6.45) is 2.37. The van der Waals surface area contributed by atoms with Crippen LogP contribution in [-0.2, 0) is 22.5 Å². The molecule has 0 saturated carbocycles. The van der Waals surface area contributed by atoms with E-state index in [4.69, 9.17) is 9.26 Å². The molecule has 1 aromatic heterocycles. The van der Waals surface area contributed by atoms with E-state index in [1.165, 1.54) is 7.11 Å². The Morgan fingerprint density at radius 1 is 1.13 bits per heavy atom. The summed E-state index contributed by atoms with van der Waals surface area (Å²) in [4.78, 5) is 31.0. The normalized spacial score (nSPS) is 16.7. The predicted molar refractivity (Wildman–Crippen MR) is 114 cm³/mol. The van der Waals surface area contributed by atoms with Crippen molar-refractivity contribution >= 4 is 11.8 Å². The van der Waals surface area contributed by atoms with Gasteiger partial charge in [-0.1, -0.05) is 47.6 Å². The van der Waals surface area contributed by atoms with Gasteiger partial charge >= 0.3 is 5.97 Å². The minimum absolute atomic E-state index is 0.0298. The lowest BCUT2D eigenvalue weighted by Crippen LogP contribution is -2.38. The van der Waals surface area contributed by atoms with Crippen molar-refractivity contribution in [1.29, 1.82) is 0 Å². The summed E-state index contributed by atoms with van der Waals surface area (Å²) < 4.78 is 10.1. The zero-order valence-corrected chi connectivity index (χ0v) is 17.5. The fraction of sp³-hybridized carbons (Fsp3) is 0.333. The lowest BCUT2D eigenvalue weighted by atomic mass is 9.90. The molecule has 3 aromatic rings. The molecule has 1 saturated heterocycles. The minimum Gasteiger partial charge on any atom is -0.465 e. The fourth-order valence-corrected chi connectivity index (χ4v) is 3.90. The largest absolute Gasteiger partial charge is 0.465 e. The molecule has 1 fully saturated rings. The zero-order valence-electron chi connectivity index (χ0n) is 17.5. The standard InChI is InChI=1S/C24H25N3O4/c1-30-24(29)19-11-9-18(10-12-19)23-25-22(31-26-23)16-27-13-5-8-20(15-27)21(28)14-17-6-3-2-4-7-17/h2-4,6-7,9-12,20H,5,8,13-16H2,1H3/t20-/m0/s1. The van der Waals surface area contributed by atoms with Crippen LogP contribution in [0.25, 0.3) is 11.4 Å². The molecule has 0 bridgehead atoms. The van der Waals surface area contributed by atoms with Crippen molar-refractivity contribution in [3.05, 3.63) is 71.6 Å². The first kappa shape index (κ1) is 20.9. The summed E-state index contributed by atoms with van der Waals surface area (Å²) in [7, 11) is 1.35. The number of carbonyl (C=O) groups excluding carboxylic acids is 2. The monoisotopic (exact) mass is 419 g/mol. The molecule has 0 unspecified atom stereocenters. The molecule has 7 nitrogen and oxygen atoms in total. The average Bonchev–Trinajstić information content (AvgIpc) is 3.28. The topological polar surface area (TPSA) is 85.5 Å².